The molecule has 0 aliphatic rings. The molecular weight excluding hydrogens is 418 g/mol. The van der Waals surface area contributed by atoms with Crippen molar-refractivity contribution in [2.24, 2.45) is 0 Å². The highest BCUT2D eigenvalue weighted by Gasteiger charge is 2.22. The number of carbonyl (C=O) groups is 1. The predicted molar refractivity (Wildman–Crippen MR) is 117 cm³/mol. The Balaban J connectivity index is 1.63. The van der Waals surface area contributed by atoms with E-state index in [1.807, 2.05) is 30.3 Å². The summed E-state index contributed by atoms with van der Waals surface area (Å²) in [6.45, 7) is 1.75. The quantitative estimate of drug-likeness (QED) is 0.415. The summed E-state index contributed by atoms with van der Waals surface area (Å²) in [6, 6.07) is 21.1. The van der Waals surface area contributed by atoms with Gasteiger partial charge in [-0.15, -0.1) is 10.2 Å². The van der Waals surface area contributed by atoms with Crippen molar-refractivity contribution in [2.75, 3.05) is 5.32 Å². The van der Waals surface area contributed by atoms with Gasteiger partial charge in [0.15, 0.2) is 11.0 Å². The van der Waals surface area contributed by atoms with Crippen LogP contribution in [0.2, 0.25) is 0 Å². The smallest absolute Gasteiger partial charge is 0.237 e. The summed E-state index contributed by atoms with van der Waals surface area (Å²) in [5.41, 5.74) is 2.03. The summed E-state index contributed by atoms with van der Waals surface area (Å²) in [6.07, 6.45) is 0. The largest absolute Gasteiger partial charge is 0.325 e. The molecule has 5 nitrogen and oxygen atoms in total. The van der Waals surface area contributed by atoms with Crippen LogP contribution in [0.25, 0.3) is 17.1 Å². The molecule has 0 radical (unpaired) electrons. The second kappa shape index (κ2) is 9.09. The Morgan fingerprint density at radius 2 is 1.52 bits per heavy atom. The van der Waals surface area contributed by atoms with E-state index in [9.17, 15) is 13.6 Å². The summed E-state index contributed by atoms with van der Waals surface area (Å²) in [5, 5.41) is 11.3. The van der Waals surface area contributed by atoms with Crippen LogP contribution >= 0.6 is 11.8 Å². The zero-order chi connectivity index (χ0) is 21.8. The summed E-state index contributed by atoms with van der Waals surface area (Å²) < 4.78 is 28.4. The number of rotatable bonds is 6. The first-order valence-electron chi connectivity index (χ1n) is 9.51. The van der Waals surface area contributed by atoms with E-state index in [-0.39, 0.29) is 17.5 Å². The highest BCUT2D eigenvalue weighted by molar-refractivity contribution is 8.00. The third-order valence-electron chi connectivity index (χ3n) is 4.51. The molecule has 0 aliphatic heterocycles. The number of halogens is 2. The second-order valence-corrected chi connectivity index (χ2v) is 8.05. The molecule has 0 bridgehead atoms. The van der Waals surface area contributed by atoms with Crippen LogP contribution in [0.4, 0.5) is 14.5 Å². The van der Waals surface area contributed by atoms with Crippen molar-refractivity contribution < 1.29 is 13.6 Å². The van der Waals surface area contributed by atoms with Crippen molar-refractivity contribution in [2.45, 2.75) is 17.3 Å². The van der Waals surface area contributed by atoms with Gasteiger partial charge in [0.1, 0.15) is 11.6 Å². The van der Waals surface area contributed by atoms with Gasteiger partial charge in [0.05, 0.1) is 5.25 Å². The fraction of sp³-hybridized carbons (Fsp3) is 0.0870. The van der Waals surface area contributed by atoms with E-state index >= 15 is 0 Å². The van der Waals surface area contributed by atoms with Crippen LogP contribution in [-0.4, -0.2) is 25.9 Å². The lowest BCUT2D eigenvalue weighted by Gasteiger charge is -2.14. The first-order valence-corrected chi connectivity index (χ1v) is 10.4. The van der Waals surface area contributed by atoms with Crippen LogP contribution < -0.4 is 5.32 Å². The molecule has 4 aromatic rings. The fourth-order valence-corrected chi connectivity index (χ4v) is 3.80. The van der Waals surface area contributed by atoms with Crippen LogP contribution in [0.1, 0.15) is 6.92 Å². The third-order valence-corrected chi connectivity index (χ3v) is 5.56. The molecule has 0 saturated heterocycles. The molecule has 1 atom stereocenters. The van der Waals surface area contributed by atoms with Crippen LogP contribution in [0, 0.1) is 11.6 Å². The van der Waals surface area contributed by atoms with Crippen LogP contribution in [0.5, 0.6) is 0 Å². The highest BCUT2D eigenvalue weighted by Crippen LogP contribution is 2.30. The lowest BCUT2D eigenvalue weighted by molar-refractivity contribution is -0.115. The molecule has 0 saturated carbocycles. The van der Waals surface area contributed by atoms with Gasteiger partial charge in [0, 0.05) is 16.9 Å². The Kier molecular flexibility index (Phi) is 6.08. The Morgan fingerprint density at radius 3 is 2.16 bits per heavy atom. The van der Waals surface area contributed by atoms with Crippen molar-refractivity contribution in [3.63, 3.8) is 0 Å². The van der Waals surface area contributed by atoms with Gasteiger partial charge in [-0.25, -0.2) is 8.78 Å². The first-order chi connectivity index (χ1) is 15.0. The van der Waals surface area contributed by atoms with Gasteiger partial charge in [0.25, 0.3) is 0 Å². The molecule has 1 amide bonds. The van der Waals surface area contributed by atoms with Crippen LogP contribution in [0.3, 0.4) is 0 Å². The normalized spacial score (nSPS) is 11.8. The van der Waals surface area contributed by atoms with Crippen LogP contribution in [-0.2, 0) is 4.79 Å². The van der Waals surface area contributed by atoms with Crippen LogP contribution in [0.15, 0.2) is 84.0 Å². The van der Waals surface area contributed by atoms with Crippen molar-refractivity contribution in [1.29, 1.82) is 0 Å². The lowest BCUT2D eigenvalue weighted by Crippen LogP contribution is -2.22. The third kappa shape index (κ3) is 4.80. The number of hydrogen-bond donors (Lipinski definition) is 1. The zero-order valence-electron chi connectivity index (χ0n) is 16.5. The maximum Gasteiger partial charge on any atom is 0.237 e. The fourth-order valence-electron chi connectivity index (χ4n) is 2.93. The predicted octanol–water partition coefficient (Wildman–Crippen LogP) is 5.33. The number of anilines is 1. The van der Waals surface area contributed by atoms with Crippen molar-refractivity contribution in [3.8, 4) is 17.1 Å². The summed E-state index contributed by atoms with van der Waals surface area (Å²) in [5.74, 6) is -0.395. The number of carbonyl (C=O) groups excluding carboxylic acids is 1. The molecule has 1 N–H and O–H groups in total. The Morgan fingerprint density at radius 1 is 0.903 bits per heavy atom. The molecule has 8 heteroatoms. The maximum atomic E-state index is 13.5. The minimum absolute atomic E-state index is 0.258. The number of nitrogens with zero attached hydrogens (tertiary/aromatic N) is 3. The average molecular weight is 436 g/mol. The summed E-state index contributed by atoms with van der Waals surface area (Å²) in [4.78, 5) is 12.6. The van der Waals surface area contributed by atoms with Crippen molar-refractivity contribution in [1.82, 2.24) is 14.8 Å². The van der Waals surface area contributed by atoms with Gasteiger partial charge in [-0.05, 0) is 55.5 Å². The Labute approximate surface area is 182 Å². The van der Waals surface area contributed by atoms with Crippen molar-refractivity contribution >= 4 is 23.4 Å². The summed E-state index contributed by atoms with van der Waals surface area (Å²) in [7, 11) is 0. The number of aromatic nitrogens is 3. The Hall–Kier alpha value is -3.52. The SMILES string of the molecule is CC(Sc1nnc(-c2ccccc2)n1-c1ccc(F)cc1)C(=O)Nc1ccc(F)cc1. The number of hydrogen-bond acceptors (Lipinski definition) is 4. The molecular formula is C23H18F2N4OS. The van der Waals surface area contributed by atoms with Crippen molar-refractivity contribution in [3.05, 3.63) is 90.5 Å². The average Bonchev–Trinajstić information content (AvgIpc) is 3.20. The van der Waals surface area contributed by atoms with E-state index in [0.717, 1.165) is 5.56 Å². The maximum absolute atomic E-state index is 13.5. The van der Waals surface area contributed by atoms with Gasteiger partial charge in [0.2, 0.25) is 5.91 Å². The van der Waals surface area contributed by atoms with E-state index in [2.05, 4.69) is 15.5 Å². The number of benzene rings is 3. The summed E-state index contributed by atoms with van der Waals surface area (Å²) >= 11 is 1.22. The number of thioether (sulfide) groups is 1. The monoisotopic (exact) mass is 436 g/mol. The van der Waals surface area contributed by atoms with E-state index in [1.165, 1.54) is 48.2 Å². The number of amides is 1. The molecule has 0 fully saturated rings. The van der Waals surface area contributed by atoms with Gasteiger partial charge in [-0.3, -0.25) is 9.36 Å². The first kappa shape index (κ1) is 20.7. The second-order valence-electron chi connectivity index (χ2n) is 6.74. The zero-order valence-corrected chi connectivity index (χ0v) is 17.3. The molecule has 156 valence electrons. The minimum Gasteiger partial charge on any atom is -0.325 e. The molecule has 1 heterocycles. The molecule has 0 aliphatic carbocycles. The van der Waals surface area contributed by atoms with Gasteiger partial charge in [-0.2, -0.15) is 0 Å². The highest BCUT2D eigenvalue weighted by atomic mass is 32.2. The molecule has 31 heavy (non-hydrogen) atoms. The molecule has 1 aromatic heterocycles. The molecule has 0 spiro atoms. The topological polar surface area (TPSA) is 59.8 Å². The standard InChI is InChI=1S/C23H18F2N4OS/c1-15(22(30)26-19-11-7-17(24)8-12-19)31-23-28-27-21(16-5-3-2-4-6-16)29(23)20-13-9-18(25)10-14-20/h2-15H,1H3,(H,26,30). The number of nitrogens with one attached hydrogen (secondary N) is 1. The minimum atomic E-state index is -0.517. The Bertz CT molecular complexity index is 1180. The van der Waals surface area contributed by atoms with E-state index in [1.54, 1.807) is 23.6 Å². The van der Waals surface area contributed by atoms with Gasteiger partial charge >= 0.3 is 0 Å². The molecule has 1 unspecified atom stereocenters. The van der Waals surface area contributed by atoms with Gasteiger partial charge in [-0.1, -0.05) is 42.1 Å². The van der Waals surface area contributed by atoms with E-state index < -0.39 is 5.25 Å². The molecule has 3 aromatic carbocycles. The van der Waals surface area contributed by atoms with E-state index in [0.29, 0.717) is 22.4 Å². The molecule has 4 rings (SSSR count). The van der Waals surface area contributed by atoms with Gasteiger partial charge < -0.3 is 5.32 Å². The lowest BCUT2D eigenvalue weighted by atomic mass is 10.2. The van der Waals surface area contributed by atoms with E-state index in [4.69, 9.17) is 0 Å².